The number of alkyl halides is 15. The van der Waals surface area contributed by atoms with E-state index < -0.39 is 53.6 Å². The number of ketones is 1. The Balaban J connectivity index is 0.000000322. The molecule has 0 radical (unpaired) electrons. The molecule has 0 aromatic heterocycles. The summed E-state index contributed by atoms with van der Waals surface area (Å²) in [6.45, 7) is 9.19. The Labute approximate surface area is 458 Å². The summed E-state index contributed by atoms with van der Waals surface area (Å²) in [4.78, 5) is 19.1. The third-order valence-electron chi connectivity index (χ3n) is 14.1. The van der Waals surface area contributed by atoms with Crippen molar-refractivity contribution >= 4 is 35.7 Å². The molecule has 2 aliphatic carbocycles. The molecule has 0 bridgehead atoms. The van der Waals surface area contributed by atoms with Gasteiger partial charge in [-0.2, -0.15) is 0 Å². The monoisotopic (exact) mass is 1210 g/mol. The standard InChI is InChI=1S/C51H43O3S2.C6F17P.FH/c1-50(2)41-17-11-10-16-37(41)40-26-22-35(30-44(40)50)56(48-19-13-12-18-45(48)53-5)36-23-27-47(46(31-36)54-6)55-34-21-25-39-38-24-20-33(49(52)32-14-8-7-9-15-32)28-42(38)51(3,4)43(39)29-34;7-1(8,9)4(16,17)24(22,23,5(18,19)2(10,11)12)6(20,21)3(13,14)15;/h7-31H,1-6H3;;1H/q+1;;/p-1. The number of carbonyl (C=O) groups excluding carboxylic acids is 1. The van der Waals surface area contributed by atoms with Crippen molar-refractivity contribution in [2.45, 2.75) is 98.5 Å². The fourth-order valence-electron chi connectivity index (χ4n) is 9.85. The van der Waals surface area contributed by atoms with Gasteiger partial charge in [0.05, 0.1) is 19.1 Å². The van der Waals surface area contributed by atoms with Crippen molar-refractivity contribution in [3.63, 3.8) is 0 Å². The van der Waals surface area contributed by atoms with Crippen LogP contribution in [-0.4, -0.2) is 55.5 Å². The van der Waals surface area contributed by atoms with Crippen LogP contribution in [0.5, 0.6) is 11.5 Å². The molecule has 2 aliphatic rings. The molecule has 0 aliphatic heterocycles. The first kappa shape index (κ1) is 62.3. The van der Waals surface area contributed by atoms with Crippen LogP contribution < -0.4 is 14.2 Å². The maximum atomic E-state index is 13.4. The molecular weight excluding hydrogens is 1170 g/mol. The smallest absolute Gasteiger partial charge is 1.00 e. The average molecular weight is 1210 g/mol. The minimum atomic E-state index is -12.7. The van der Waals surface area contributed by atoms with Gasteiger partial charge in [0.25, 0.3) is 0 Å². The number of ether oxygens (including phenoxy) is 2. The molecule has 0 fully saturated rings. The van der Waals surface area contributed by atoms with E-state index in [4.69, 9.17) is 9.47 Å². The maximum Gasteiger partial charge on any atom is -1.00 e. The summed E-state index contributed by atoms with van der Waals surface area (Å²) in [7, 11) is -9.69. The van der Waals surface area contributed by atoms with Crippen LogP contribution in [0.3, 0.4) is 0 Å². The summed E-state index contributed by atoms with van der Waals surface area (Å²) in [6, 6.07) is 53.3. The summed E-state index contributed by atoms with van der Waals surface area (Å²) in [5, 5.41) is 0. The van der Waals surface area contributed by atoms with Gasteiger partial charge in [-0.1, -0.05) is 124 Å². The van der Waals surface area contributed by atoms with E-state index in [1.165, 1.54) is 49.4 Å². The van der Waals surface area contributed by atoms with E-state index in [2.05, 4.69) is 137 Å². The number of carbonyl (C=O) groups is 1. The predicted octanol–water partition coefficient (Wildman–Crippen LogP) is 16.6. The van der Waals surface area contributed by atoms with Crippen LogP contribution in [-0.2, 0) is 21.7 Å². The van der Waals surface area contributed by atoms with Gasteiger partial charge < -0.3 is 14.2 Å². The Morgan fingerprint density at radius 2 is 0.889 bits per heavy atom. The van der Waals surface area contributed by atoms with Crippen LogP contribution in [0.4, 0.5) is 74.3 Å². The number of para-hydroxylation sites is 1. The molecule has 0 saturated carbocycles. The maximum absolute atomic E-state index is 13.4. The molecule has 9 rings (SSSR count). The molecular formula is C57H43F18O3PS2. The van der Waals surface area contributed by atoms with Gasteiger partial charge in [0.2, 0.25) is 4.90 Å². The SMILES string of the molecule is COc1cc([S+](c2ccc3c(c2)C(C)(C)c2ccccc2-3)c2ccccc2OC)ccc1Sc1ccc2c(c1)C(C)(C)c1cc(C(=O)c3ccccc3)ccc1-2.FC(F)(F)C(F)(F)P(F)(F)(C(F)(F)C(F)(F)F)C(F)(F)C(F)(F)F.[F-]. The molecule has 7 aromatic carbocycles. The Bertz CT molecular complexity index is 3470. The summed E-state index contributed by atoms with van der Waals surface area (Å²) >= 11 is 1.72. The summed E-state index contributed by atoms with van der Waals surface area (Å²) in [5.41, 5.74) is -15.8. The largest absolute Gasteiger partial charge is 1.00 e. The number of halogens is 18. The van der Waals surface area contributed by atoms with Gasteiger partial charge in [-0.05, 0) is 105 Å². The zero-order valence-corrected chi connectivity index (χ0v) is 45.3. The van der Waals surface area contributed by atoms with E-state index in [1.54, 1.807) is 26.0 Å². The molecule has 24 heteroatoms. The second-order valence-electron chi connectivity index (χ2n) is 19.6. The fraction of sp³-hybridized carbons (Fsp3) is 0.246. The molecule has 0 amide bonds. The molecule has 0 saturated heterocycles. The van der Waals surface area contributed by atoms with E-state index in [0.29, 0.717) is 5.56 Å². The van der Waals surface area contributed by atoms with Gasteiger partial charge in [0.1, 0.15) is 16.6 Å². The minimum Gasteiger partial charge on any atom is -1.00 e. The van der Waals surface area contributed by atoms with Crippen LogP contribution in [0, 0.1) is 0 Å². The minimum absolute atomic E-state index is 0. The molecule has 81 heavy (non-hydrogen) atoms. The van der Waals surface area contributed by atoms with Crippen molar-refractivity contribution in [2.24, 2.45) is 0 Å². The molecule has 3 nitrogen and oxygen atoms in total. The number of hydrogen-bond donors (Lipinski definition) is 0. The molecule has 7 aromatic rings. The van der Waals surface area contributed by atoms with E-state index in [-0.39, 0.29) is 21.3 Å². The van der Waals surface area contributed by atoms with E-state index in [0.717, 1.165) is 36.6 Å². The summed E-state index contributed by atoms with van der Waals surface area (Å²) in [5.74, 6) is 1.75. The van der Waals surface area contributed by atoms with Gasteiger partial charge in [0, 0.05) is 32.9 Å². The number of hydrogen-bond acceptors (Lipinski definition) is 4. The van der Waals surface area contributed by atoms with E-state index in [9.17, 15) is 79.0 Å². The van der Waals surface area contributed by atoms with Crippen molar-refractivity contribution in [1.29, 1.82) is 0 Å². The van der Waals surface area contributed by atoms with Gasteiger partial charge in [0.15, 0.2) is 21.3 Å². The number of fused-ring (bicyclic) bond motifs is 6. The number of benzene rings is 7. The van der Waals surface area contributed by atoms with Gasteiger partial charge >= 0.3 is 117 Å². The molecule has 0 heterocycles. The number of rotatable bonds is 12. The normalized spacial score (nSPS) is 15.5. The van der Waals surface area contributed by atoms with E-state index in [1.807, 2.05) is 42.5 Å². The molecule has 0 spiro atoms. The Kier molecular flexibility index (Phi) is 16.0. The zero-order valence-electron chi connectivity index (χ0n) is 42.7. The molecule has 1 unspecified atom stereocenters. The van der Waals surface area contributed by atoms with Crippen LogP contribution in [0.25, 0.3) is 22.3 Å². The molecule has 432 valence electrons. The van der Waals surface area contributed by atoms with Crippen LogP contribution in [0.2, 0.25) is 0 Å². The van der Waals surface area contributed by atoms with Crippen LogP contribution >= 0.6 is 19.0 Å². The fourth-order valence-corrected chi connectivity index (χ4v) is 15.4. The van der Waals surface area contributed by atoms with Crippen LogP contribution in [0.15, 0.2) is 176 Å². The average Bonchev–Trinajstić information content (AvgIpc) is 3.77. The zero-order chi connectivity index (χ0) is 59.2. The predicted molar refractivity (Wildman–Crippen MR) is 272 cm³/mol. The Hall–Kier alpha value is -6.32. The van der Waals surface area contributed by atoms with Gasteiger partial charge in [-0.3, -0.25) is 4.79 Å². The molecule has 0 N–H and O–H groups in total. The van der Waals surface area contributed by atoms with Crippen molar-refractivity contribution in [3.05, 3.63) is 185 Å². The quantitative estimate of drug-likeness (QED) is 0.0529. The first-order chi connectivity index (χ1) is 36.9. The first-order valence-electron chi connectivity index (χ1n) is 23.6. The topological polar surface area (TPSA) is 35.5 Å². The number of methoxy groups -OCH3 is 2. The van der Waals surface area contributed by atoms with Gasteiger partial charge in [-0.15, -0.1) is 0 Å². The van der Waals surface area contributed by atoms with Crippen molar-refractivity contribution < 1.29 is 93.2 Å². The third kappa shape index (κ3) is 9.59. The second-order valence-corrected chi connectivity index (χ2v) is 26.2. The third-order valence-corrected chi connectivity index (χ3v) is 21.1. The van der Waals surface area contributed by atoms with E-state index >= 15 is 0 Å². The van der Waals surface area contributed by atoms with Crippen molar-refractivity contribution in [2.75, 3.05) is 14.2 Å². The summed E-state index contributed by atoms with van der Waals surface area (Å²) < 4.78 is 221. The van der Waals surface area contributed by atoms with Gasteiger partial charge in [-0.25, -0.2) is 0 Å². The summed E-state index contributed by atoms with van der Waals surface area (Å²) in [6.07, 6.45) is -24.9. The Morgan fingerprint density at radius 3 is 1.44 bits per heavy atom. The second kappa shape index (κ2) is 20.8. The first-order valence-corrected chi connectivity index (χ1v) is 27.6. The van der Waals surface area contributed by atoms with Crippen molar-refractivity contribution in [1.82, 2.24) is 0 Å². The molecule has 1 atom stereocenters. The van der Waals surface area contributed by atoms with Crippen molar-refractivity contribution in [3.8, 4) is 33.8 Å². The Morgan fingerprint density at radius 1 is 0.457 bits per heavy atom. The van der Waals surface area contributed by atoms with Crippen LogP contribution in [0.1, 0.15) is 65.9 Å².